The van der Waals surface area contributed by atoms with Crippen molar-refractivity contribution in [3.8, 4) is 0 Å². The number of nitrogens with zero attached hydrogens (tertiary/aromatic N) is 2. The number of rotatable bonds is 3. The largest absolute Gasteiger partial charge is 0.298 e. The van der Waals surface area contributed by atoms with Crippen molar-refractivity contribution in [1.82, 2.24) is 9.80 Å². The van der Waals surface area contributed by atoms with Crippen LogP contribution in [0, 0.1) is 11.8 Å². The lowest BCUT2D eigenvalue weighted by atomic mass is 9.95. The van der Waals surface area contributed by atoms with Crippen molar-refractivity contribution in [3.05, 3.63) is 0 Å². The smallest absolute Gasteiger partial charge is 0.0247 e. The molecule has 0 aliphatic carbocycles. The highest BCUT2D eigenvalue weighted by Crippen LogP contribution is 2.31. The minimum Gasteiger partial charge on any atom is -0.298 e. The van der Waals surface area contributed by atoms with E-state index in [0.717, 1.165) is 23.9 Å². The third-order valence-electron chi connectivity index (χ3n) is 5.12. The molecular weight excluding hydrogens is 240 g/mol. The van der Waals surface area contributed by atoms with Crippen LogP contribution in [0.5, 0.6) is 0 Å². The molecule has 0 bridgehead atoms. The summed E-state index contributed by atoms with van der Waals surface area (Å²) >= 11 is 2.16. The topological polar surface area (TPSA) is 6.48 Å². The molecule has 0 N–H and O–H groups in total. The van der Waals surface area contributed by atoms with E-state index in [1.54, 1.807) is 0 Å². The molecule has 0 aromatic rings. The van der Waals surface area contributed by atoms with Crippen molar-refractivity contribution in [3.63, 3.8) is 0 Å². The summed E-state index contributed by atoms with van der Waals surface area (Å²) in [6.07, 6.45) is 4.34. The van der Waals surface area contributed by atoms with Gasteiger partial charge >= 0.3 is 0 Å². The highest BCUT2D eigenvalue weighted by molar-refractivity contribution is 7.99. The fraction of sp³-hybridized carbons (Fsp3) is 1.00. The molecule has 3 atom stereocenters. The summed E-state index contributed by atoms with van der Waals surface area (Å²) in [6, 6.07) is 1.69. The first-order chi connectivity index (χ1) is 8.74. The predicted octanol–water partition coefficient (Wildman–Crippen LogP) is 2.54. The highest BCUT2D eigenvalue weighted by atomic mass is 32.2. The molecule has 0 amide bonds. The molecule has 104 valence electrons. The van der Waals surface area contributed by atoms with Gasteiger partial charge in [0.15, 0.2) is 0 Å². The molecule has 18 heavy (non-hydrogen) atoms. The van der Waals surface area contributed by atoms with Gasteiger partial charge in [0.2, 0.25) is 0 Å². The second kappa shape index (κ2) is 5.72. The number of thioether (sulfide) groups is 1. The van der Waals surface area contributed by atoms with Crippen LogP contribution in [0.25, 0.3) is 0 Å². The molecule has 3 aliphatic heterocycles. The minimum absolute atomic E-state index is 0.806. The van der Waals surface area contributed by atoms with E-state index >= 15 is 0 Å². The molecule has 0 aromatic carbocycles. The molecule has 3 rings (SSSR count). The van der Waals surface area contributed by atoms with E-state index in [1.165, 1.54) is 56.9 Å². The van der Waals surface area contributed by atoms with E-state index in [2.05, 4.69) is 35.4 Å². The Kier molecular flexibility index (Phi) is 4.21. The molecule has 0 saturated carbocycles. The molecule has 3 aliphatic rings. The molecule has 3 unspecified atom stereocenters. The Morgan fingerprint density at radius 3 is 2.83 bits per heavy atom. The van der Waals surface area contributed by atoms with Crippen molar-refractivity contribution in [2.45, 2.75) is 45.2 Å². The second-order valence-electron chi connectivity index (χ2n) is 6.79. The van der Waals surface area contributed by atoms with Crippen LogP contribution in [0.3, 0.4) is 0 Å². The monoisotopic (exact) mass is 268 g/mol. The van der Waals surface area contributed by atoms with E-state index in [4.69, 9.17) is 0 Å². The van der Waals surface area contributed by atoms with Crippen molar-refractivity contribution in [2.24, 2.45) is 11.8 Å². The highest BCUT2D eigenvalue weighted by Gasteiger charge is 2.38. The SMILES string of the molecule is CC(C)C1CN2CCCC2CN1CC1CCSC1. The zero-order chi connectivity index (χ0) is 12.5. The van der Waals surface area contributed by atoms with Gasteiger partial charge < -0.3 is 0 Å². The standard InChI is InChI=1S/C15H28N2S/c1-12(2)15-10-16-6-3-4-14(16)9-17(15)8-13-5-7-18-11-13/h12-15H,3-11H2,1-2H3. The molecule has 0 radical (unpaired) electrons. The van der Waals surface area contributed by atoms with Crippen LogP contribution < -0.4 is 0 Å². The van der Waals surface area contributed by atoms with E-state index in [1.807, 2.05) is 0 Å². The summed E-state index contributed by atoms with van der Waals surface area (Å²) < 4.78 is 0. The normalized spacial score (nSPS) is 38.5. The van der Waals surface area contributed by atoms with Crippen LogP contribution in [0.15, 0.2) is 0 Å². The van der Waals surface area contributed by atoms with Crippen LogP contribution in [0.4, 0.5) is 0 Å². The second-order valence-corrected chi connectivity index (χ2v) is 7.94. The summed E-state index contributed by atoms with van der Waals surface area (Å²) in [5, 5.41) is 0. The van der Waals surface area contributed by atoms with Gasteiger partial charge in [0, 0.05) is 31.7 Å². The van der Waals surface area contributed by atoms with Crippen LogP contribution in [0.1, 0.15) is 33.1 Å². The molecule has 0 spiro atoms. The molecular formula is C15H28N2S. The fourth-order valence-electron chi connectivity index (χ4n) is 4.01. The van der Waals surface area contributed by atoms with E-state index in [0.29, 0.717) is 0 Å². The Bertz CT molecular complexity index is 274. The van der Waals surface area contributed by atoms with Crippen molar-refractivity contribution in [2.75, 3.05) is 37.7 Å². The van der Waals surface area contributed by atoms with Crippen LogP contribution in [-0.4, -0.2) is 59.6 Å². The lowest BCUT2D eigenvalue weighted by Crippen LogP contribution is -2.58. The Morgan fingerprint density at radius 1 is 1.22 bits per heavy atom. The van der Waals surface area contributed by atoms with Crippen molar-refractivity contribution >= 4 is 11.8 Å². The van der Waals surface area contributed by atoms with Crippen molar-refractivity contribution in [1.29, 1.82) is 0 Å². The molecule has 3 fully saturated rings. The third kappa shape index (κ3) is 2.73. The summed E-state index contributed by atoms with van der Waals surface area (Å²) in [6.45, 7) is 10.3. The van der Waals surface area contributed by atoms with Gasteiger partial charge in [0.05, 0.1) is 0 Å². The van der Waals surface area contributed by atoms with Gasteiger partial charge in [0.1, 0.15) is 0 Å². The Balaban J connectivity index is 1.64. The predicted molar refractivity (Wildman–Crippen MR) is 80.2 cm³/mol. The molecule has 2 nitrogen and oxygen atoms in total. The van der Waals surface area contributed by atoms with Crippen LogP contribution in [-0.2, 0) is 0 Å². The number of piperazine rings is 1. The number of hydrogen-bond donors (Lipinski definition) is 0. The average molecular weight is 268 g/mol. The summed E-state index contributed by atoms with van der Waals surface area (Å²) in [4.78, 5) is 5.62. The van der Waals surface area contributed by atoms with E-state index in [9.17, 15) is 0 Å². The first kappa shape index (κ1) is 13.3. The van der Waals surface area contributed by atoms with Gasteiger partial charge in [-0.25, -0.2) is 0 Å². The zero-order valence-corrected chi connectivity index (χ0v) is 12.8. The van der Waals surface area contributed by atoms with E-state index < -0.39 is 0 Å². The lowest BCUT2D eigenvalue weighted by Gasteiger charge is -2.46. The summed E-state index contributed by atoms with van der Waals surface area (Å²) in [7, 11) is 0. The quantitative estimate of drug-likeness (QED) is 0.777. The maximum absolute atomic E-state index is 2.85. The van der Waals surface area contributed by atoms with Gasteiger partial charge in [-0.3, -0.25) is 9.80 Å². The van der Waals surface area contributed by atoms with E-state index in [-0.39, 0.29) is 0 Å². The maximum atomic E-state index is 2.85. The Labute approximate surface area is 116 Å². The molecule has 3 saturated heterocycles. The molecule has 0 aromatic heterocycles. The summed E-state index contributed by atoms with van der Waals surface area (Å²) in [5.74, 6) is 4.60. The maximum Gasteiger partial charge on any atom is 0.0247 e. The minimum atomic E-state index is 0.806. The van der Waals surface area contributed by atoms with Crippen molar-refractivity contribution < 1.29 is 0 Å². The van der Waals surface area contributed by atoms with Crippen LogP contribution >= 0.6 is 11.8 Å². The van der Waals surface area contributed by atoms with Gasteiger partial charge in [-0.05, 0) is 49.1 Å². The lowest BCUT2D eigenvalue weighted by molar-refractivity contribution is 0.0214. The molecule has 3 heteroatoms. The number of fused-ring (bicyclic) bond motifs is 1. The Hall–Kier alpha value is 0.270. The molecule has 3 heterocycles. The third-order valence-corrected chi connectivity index (χ3v) is 6.35. The van der Waals surface area contributed by atoms with Gasteiger partial charge in [-0.15, -0.1) is 0 Å². The average Bonchev–Trinajstić information content (AvgIpc) is 2.97. The number of hydrogen-bond acceptors (Lipinski definition) is 3. The first-order valence-electron chi connectivity index (χ1n) is 7.80. The zero-order valence-electron chi connectivity index (χ0n) is 12.0. The fourth-order valence-corrected chi connectivity index (χ4v) is 5.28. The van der Waals surface area contributed by atoms with Gasteiger partial charge in [0.25, 0.3) is 0 Å². The van der Waals surface area contributed by atoms with Gasteiger partial charge in [-0.1, -0.05) is 13.8 Å². The first-order valence-corrected chi connectivity index (χ1v) is 8.95. The Morgan fingerprint density at radius 2 is 2.11 bits per heavy atom. The van der Waals surface area contributed by atoms with Crippen LogP contribution in [0.2, 0.25) is 0 Å². The summed E-state index contributed by atoms with van der Waals surface area (Å²) in [5.41, 5.74) is 0. The van der Waals surface area contributed by atoms with Gasteiger partial charge in [-0.2, -0.15) is 11.8 Å².